The van der Waals surface area contributed by atoms with E-state index in [0.717, 1.165) is 0 Å². The van der Waals surface area contributed by atoms with E-state index >= 15 is 0 Å². The van der Waals surface area contributed by atoms with Crippen LogP contribution in [-0.2, 0) is 14.3 Å². The zero-order chi connectivity index (χ0) is 16.0. The van der Waals surface area contributed by atoms with Crippen molar-refractivity contribution in [1.82, 2.24) is 5.32 Å². The minimum absolute atomic E-state index is 0.0390. The third kappa shape index (κ3) is 4.17. The molecule has 1 aliphatic rings. The van der Waals surface area contributed by atoms with Crippen LogP contribution in [0.2, 0.25) is 0 Å². The molecule has 1 fully saturated rings. The van der Waals surface area contributed by atoms with E-state index in [-0.39, 0.29) is 19.0 Å². The van der Waals surface area contributed by atoms with Gasteiger partial charge in [0.1, 0.15) is 11.6 Å². The van der Waals surface area contributed by atoms with E-state index in [1.165, 1.54) is 24.3 Å². The van der Waals surface area contributed by atoms with Crippen LogP contribution in [0.1, 0.15) is 12.8 Å². The number of amides is 1. The predicted molar refractivity (Wildman–Crippen MR) is 75.0 cm³/mol. The van der Waals surface area contributed by atoms with Crippen LogP contribution in [-0.4, -0.2) is 43.3 Å². The van der Waals surface area contributed by atoms with Gasteiger partial charge >= 0.3 is 5.97 Å². The Hall–Kier alpha value is -2.15. The lowest BCUT2D eigenvalue weighted by atomic mass is 9.80. The van der Waals surface area contributed by atoms with Gasteiger partial charge in [0.2, 0.25) is 0 Å². The van der Waals surface area contributed by atoms with E-state index in [4.69, 9.17) is 9.47 Å². The first-order valence-electron chi connectivity index (χ1n) is 6.98. The zero-order valence-electron chi connectivity index (χ0n) is 12.0. The third-order valence-corrected chi connectivity index (χ3v) is 3.71. The van der Waals surface area contributed by atoms with Crippen LogP contribution < -0.4 is 10.1 Å². The molecule has 0 aliphatic carbocycles. The molecule has 7 heteroatoms. The molecule has 0 bridgehead atoms. The lowest BCUT2D eigenvalue weighted by Crippen LogP contribution is -2.47. The van der Waals surface area contributed by atoms with Gasteiger partial charge in [-0.05, 0) is 37.1 Å². The number of halogens is 1. The maximum Gasteiger partial charge on any atom is 0.311 e. The number of nitrogens with one attached hydrogen (secondary N) is 1. The summed E-state index contributed by atoms with van der Waals surface area (Å²) in [6.07, 6.45) is 0.725. The minimum atomic E-state index is -0.982. The summed E-state index contributed by atoms with van der Waals surface area (Å²) < 4.78 is 23.1. The molecule has 1 aromatic carbocycles. The van der Waals surface area contributed by atoms with Crippen LogP contribution in [0.5, 0.6) is 5.75 Å². The molecule has 1 aliphatic heterocycles. The van der Waals surface area contributed by atoms with Gasteiger partial charge in [-0.15, -0.1) is 0 Å². The maximum atomic E-state index is 12.7. The number of rotatable bonds is 6. The standard InChI is InChI=1S/C15H18FNO5/c16-11-1-3-12(4-2-11)22-9-13(18)17-10-15(14(19)20)5-7-21-8-6-15/h1-4H,5-10H2,(H,17,18)(H,19,20). The number of hydrogen-bond donors (Lipinski definition) is 2. The minimum Gasteiger partial charge on any atom is -0.484 e. The molecule has 6 nitrogen and oxygen atoms in total. The molecule has 2 N–H and O–H groups in total. The summed E-state index contributed by atoms with van der Waals surface area (Å²) in [4.78, 5) is 23.2. The van der Waals surface area contributed by atoms with Crippen LogP contribution >= 0.6 is 0 Å². The molecule has 1 saturated heterocycles. The highest BCUT2D eigenvalue weighted by atomic mass is 19.1. The lowest BCUT2D eigenvalue weighted by Gasteiger charge is -2.33. The highest BCUT2D eigenvalue weighted by Crippen LogP contribution is 2.30. The molecule has 0 aromatic heterocycles. The molecule has 120 valence electrons. The van der Waals surface area contributed by atoms with Crippen molar-refractivity contribution in [2.75, 3.05) is 26.4 Å². The second-order valence-electron chi connectivity index (χ2n) is 5.22. The fourth-order valence-electron chi connectivity index (χ4n) is 2.23. The van der Waals surface area contributed by atoms with Gasteiger partial charge in [-0.1, -0.05) is 0 Å². The molecular formula is C15H18FNO5. The SMILES string of the molecule is O=C(COc1ccc(F)cc1)NCC1(C(=O)O)CCOCC1. The molecule has 0 saturated carbocycles. The Labute approximate surface area is 127 Å². The monoisotopic (exact) mass is 311 g/mol. The van der Waals surface area contributed by atoms with Gasteiger partial charge in [-0.25, -0.2) is 4.39 Å². The average Bonchev–Trinajstić information content (AvgIpc) is 2.53. The Morgan fingerprint density at radius 2 is 1.91 bits per heavy atom. The van der Waals surface area contributed by atoms with Gasteiger partial charge in [0.15, 0.2) is 6.61 Å². The fraction of sp³-hybridized carbons (Fsp3) is 0.467. The Morgan fingerprint density at radius 1 is 1.27 bits per heavy atom. The van der Waals surface area contributed by atoms with Gasteiger partial charge < -0.3 is 19.9 Å². The molecule has 22 heavy (non-hydrogen) atoms. The van der Waals surface area contributed by atoms with Gasteiger partial charge in [-0.3, -0.25) is 9.59 Å². The van der Waals surface area contributed by atoms with Crippen LogP contribution in [0, 0.1) is 11.2 Å². The molecule has 0 spiro atoms. The number of ether oxygens (including phenoxy) is 2. The number of hydrogen-bond acceptors (Lipinski definition) is 4. The number of aliphatic carboxylic acids is 1. The molecule has 0 unspecified atom stereocenters. The first-order chi connectivity index (χ1) is 10.5. The largest absolute Gasteiger partial charge is 0.484 e. The number of benzene rings is 1. The number of carbonyl (C=O) groups is 2. The normalized spacial score (nSPS) is 16.8. The second kappa shape index (κ2) is 7.22. The topological polar surface area (TPSA) is 84.9 Å². The molecule has 1 aromatic rings. The van der Waals surface area contributed by atoms with Crippen molar-refractivity contribution in [1.29, 1.82) is 0 Å². The Bertz CT molecular complexity index is 525. The Balaban J connectivity index is 1.81. The van der Waals surface area contributed by atoms with Gasteiger partial charge in [0.25, 0.3) is 5.91 Å². The van der Waals surface area contributed by atoms with Crippen LogP contribution in [0.3, 0.4) is 0 Å². The molecule has 0 atom stereocenters. The van der Waals surface area contributed by atoms with Crippen molar-refractivity contribution in [3.8, 4) is 5.75 Å². The number of carbonyl (C=O) groups excluding carboxylic acids is 1. The number of carboxylic acids is 1. The Morgan fingerprint density at radius 3 is 2.50 bits per heavy atom. The predicted octanol–water partition coefficient (Wildman–Crippen LogP) is 1.20. The first-order valence-corrected chi connectivity index (χ1v) is 6.98. The highest BCUT2D eigenvalue weighted by Gasteiger charge is 2.40. The average molecular weight is 311 g/mol. The summed E-state index contributed by atoms with van der Waals surface area (Å²) in [6, 6.07) is 5.29. The van der Waals surface area contributed by atoms with Crippen molar-refractivity contribution in [3.63, 3.8) is 0 Å². The summed E-state index contributed by atoms with van der Waals surface area (Å²) in [5.74, 6) is -1.37. The van der Waals surface area contributed by atoms with E-state index in [9.17, 15) is 19.1 Å². The summed E-state index contributed by atoms with van der Waals surface area (Å²) in [5.41, 5.74) is -0.982. The fourth-order valence-corrected chi connectivity index (χ4v) is 2.23. The van der Waals surface area contributed by atoms with E-state index in [1.807, 2.05) is 0 Å². The van der Waals surface area contributed by atoms with Crippen LogP contribution in [0.4, 0.5) is 4.39 Å². The molecule has 0 radical (unpaired) electrons. The van der Waals surface area contributed by atoms with Crippen molar-refractivity contribution >= 4 is 11.9 Å². The summed E-state index contributed by atoms with van der Waals surface area (Å²) in [6.45, 7) is 0.525. The van der Waals surface area contributed by atoms with E-state index < -0.39 is 17.3 Å². The van der Waals surface area contributed by atoms with Crippen LogP contribution in [0.25, 0.3) is 0 Å². The first kappa shape index (κ1) is 16.2. The van der Waals surface area contributed by atoms with E-state index in [0.29, 0.717) is 31.8 Å². The quantitative estimate of drug-likeness (QED) is 0.824. The molecule has 1 amide bonds. The van der Waals surface area contributed by atoms with Crippen molar-refractivity contribution in [3.05, 3.63) is 30.1 Å². The Kier molecular flexibility index (Phi) is 5.32. The zero-order valence-corrected chi connectivity index (χ0v) is 12.0. The van der Waals surface area contributed by atoms with E-state index in [1.54, 1.807) is 0 Å². The van der Waals surface area contributed by atoms with Crippen molar-refractivity contribution < 1.29 is 28.6 Å². The second-order valence-corrected chi connectivity index (χ2v) is 5.22. The smallest absolute Gasteiger partial charge is 0.311 e. The third-order valence-electron chi connectivity index (χ3n) is 3.71. The van der Waals surface area contributed by atoms with Gasteiger partial charge in [0, 0.05) is 19.8 Å². The van der Waals surface area contributed by atoms with Gasteiger partial charge in [-0.2, -0.15) is 0 Å². The summed E-state index contributed by atoms with van der Waals surface area (Å²) >= 11 is 0. The van der Waals surface area contributed by atoms with E-state index in [2.05, 4.69) is 5.32 Å². The van der Waals surface area contributed by atoms with Crippen molar-refractivity contribution in [2.45, 2.75) is 12.8 Å². The maximum absolute atomic E-state index is 12.7. The lowest BCUT2D eigenvalue weighted by molar-refractivity contribution is -0.154. The van der Waals surface area contributed by atoms with Crippen molar-refractivity contribution in [2.24, 2.45) is 5.41 Å². The summed E-state index contributed by atoms with van der Waals surface area (Å²) in [7, 11) is 0. The highest BCUT2D eigenvalue weighted by molar-refractivity contribution is 5.80. The molecular weight excluding hydrogens is 293 g/mol. The number of carboxylic acid groups (broad SMARTS) is 1. The summed E-state index contributed by atoms with van der Waals surface area (Å²) in [5, 5.41) is 11.9. The molecule has 2 rings (SSSR count). The van der Waals surface area contributed by atoms with Gasteiger partial charge in [0.05, 0.1) is 5.41 Å². The van der Waals surface area contributed by atoms with Crippen LogP contribution in [0.15, 0.2) is 24.3 Å². The molecule has 1 heterocycles.